The Bertz CT molecular complexity index is 977. The fraction of sp³-hybridized carbons (Fsp3) is 0.0588. The Kier molecular flexibility index (Phi) is 7.34. The quantitative estimate of drug-likeness (QED) is 0.468. The highest BCUT2D eigenvalue weighted by Gasteiger charge is 2.14. The summed E-state index contributed by atoms with van der Waals surface area (Å²) in [4.78, 5) is 12.3. The number of anilines is 1. The maximum atomic E-state index is 12.2. The predicted molar refractivity (Wildman–Crippen MR) is 112 cm³/mol. The third-order valence-electron chi connectivity index (χ3n) is 3.24. The second-order valence-corrected chi connectivity index (χ2v) is 8.22. The van der Waals surface area contributed by atoms with Gasteiger partial charge in [-0.1, -0.05) is 29.3 Å². The third-order valence-corrected chi connectivity index (χ3v) is 5.43. The lowest BCUT2D eigenvalue weighted by Crippen LogP contribution is -2.34. The molecule has 27 heavy (non-hydrogen) atoms. The second-order valence-electron chi connectivity index (χ2n) is 5.20. The van der Waals surface area contributed by atoms with Crippen LogP contribution in [0.4, 0.5) is 5.69 Å². The SMILES string of the molecule is C=CCNS(=O)(=O)c1ccc(NC(=S)NC(=O)c2ccc(Cl)cc2Cl)cc1. The summed E-state index contributed by atoms with van der Waals surface area (Å²) in [5.74, 6) is -0.498. The molecule has 2 aromatic carbocycles. The van der Waals surface area contributed by atoms with Gasteiger partial charge in [-0.05, 0) is 54.7 Å². The van der Waals surface area contributed by atoms with E-state index < -0.39 is 15.9 Å². The van der Waals surface area contributed by atoms with Crippen LogP contribution in [0.25, 0.3) is 0 Å². The van der Waals surface area contributed by atoms with Gasteiger partial charge in [-0.3, -0.25) is 10.1 Å². The molecule has 0 atom stereocenters. The first-order valence-corrected chi connectivity index (χ1v) is 10.2. The minimum absolute atomic E-state index is 0.0337. The molecule has 0 bridgehead atoms. The molecule has 0 saturated carbocycles. The number of nitrogens with one attached hydrogen (secondary N) is 3. The largest absolute Gasteiger partial charge is 0.332 e. The molecule has 0 aliphatic rings. The van der Waals surface area contributed by atoms with Crippen molar-refractivity contribution >= 4 is 62.2 Å². The first kappa shape index (κ1) is 21.3. The molecule has 3 N–H and O–H groups in total. The van der Waals surface area contributed by atoms with E-state index in [0.717, 1.165) is 0 Å². The second kappa shape index (κ2) is 9.29. The highest BCUT2D eigenvalue weighted by molar-refractivity contribution is 7.89. The smallest absolute Gasteiger partial charge is 0.258 e. The van der Waals surface area contributed by atoms with Crippen molar-refractivity contribution in [3.63, 3.8) is 0 Å². The van der Waals surface area contributed by atoms with Crippen molar-refractivity contribution < 1.29 is 13.2 Å². The Morgan fingerprint density at radius 3 is 2.41 bits per heavy atom. The predicted octanol–water partition coefficient (Wildman–Crippen LogP) is 3.58. The van der Waals surface area contributed by atoms with Crippen LogP contribution < -0.4 is 15.4 Å². The Morgan fingerprint density at radius 2 is 1.81 bits per heavy atom. The summed E-state index contributed by atoms with van der Waals surface area (Å²) < 4.78 is 26.4. The zero-order valence-electron chi connectivity index (χ0n) is 13.8. The summed E-state index contributed by atoms with van der Waals surface area (Å²) in [5, 5.41) is 5.93. The molecular weight excluding hydrogens is 429 g/mol. The van der Waals surface area contributed by atoms with E-state index in [0.29, 0.717) is 10.7 Å². The molecular formula is C17H15Cl2N3O3S2. The Morgan fingerprint density at radius 1 is 1.15 bits per heavy atom. The van der Waals surface area contributed by atoms with Crippen LogP contribution in [0.1, 0.15) is 10.4 Å². The Labute approximate surface area is 172 Å². The molecule has 0 aliphatic heterocycles. The van der Waals surface area contributed by atoms with Gasteiger partial charge < -0.3 is 5.32 Å². The molecule has 0 aromatic heterocycles. The number of halogens is 2. The zero-order chi connectivity index (χ0) is 20.0. The molecule has 0 unspecified atom stereocenters. The van der Waals surface area contributed by atoms with Gasteiger partial charge in [-0.15, -0.1) is 6.58 Å². The number of hydrogen-bond donors (Lipinski definition) is 3. The van der Waals surface area contributed by atoms with E-state index in [1.807, 2.05) is 0 Å². The maximum Gasteiger partial charge on any atom is 0.258 e. The number of thiocarbonyl (C=S) groups is 1. The number of amides is 1. The van der Waals surface area contributed by atoms with E-state index in [2.05, 4.69) is 21.9 Å². The monoisotopic (exact) mass is 443 g/mol. The molecule has 0 spiro atoms. The Balaban J connectivity index is 2.01. The first-order chi connectivity index (χ1) is 12.7. The summed E-state index contributed by atoms with van der Waals surface area (Å²) in [6.07, 6.45) is 1.45. The van der Waals surface area contributed by atoms with E-state index in [4.69, 9.17) is 35.4 Å². The van der Waals surface area contributed by atoms with Crippen molar-refractivity contribution in [3.8, 4) is 0 Å². The molecule has 0 fully saturated rings. The average Bonchev–Trinajstić information content (AvgIpc) is 2.60. The molecule has 142 valence electrons. The molecule has 2 aromatic rings. The van der Waals surface area contributed by atoms with E-state index in [9.17, 15) is 13.2 Å². The van der Waals surface area contributed by atoms with Gasteiger partial charge in [0.15, 0.2) is 5.11 Å². The first-order valence-electron chi connectivity index (χ1n) is 7.51. The van der Waals surface area contributed by atoms with Gasteiger partial charge in [0, 0.05) is 17.3 Å². The van der Waals surface area contributed by atoms with Crippen LogP contribution >= 0.6 is 35.4 Å². The highest BCUT2D eigenvalue weighted by Crippen LogP contribution is 2.21. The van der Waals surface area contributed by atoms with E-state index in [-0.39, 0.29) is 27.1 Å². The third kappa shape index (κ3) is 6.02. The van der Waals surface area contributed by atoms with Gasteiger partial charge in [0.2, 0.25) is 10.0 Å². The topological polar surface area (TPSA) is 87.3 Å². The van der Waals surface area contributed by atoms with Crippen molar-refractivity contribution in [3.05, 3.63) is 70.7 Å². The van der Waals surface area contributed by atoms with E-state index >= 15 is 0 Å². The van der Waals surface area contributed by atoms with Crippen LogP contribution in [-0.4, -0.2) is 26.0 Å². The summed E-state index contributed by atoms with van der Waals surface area (Å²) in [5.41, 5.74) is 0.727. The zero-order valence-corrected chi connectivity index (χ0v) is 17.0. The van der Waals surface area contributed by atoms with Crippen LogP contribution in [0.3, 0.4) is 0 Å². The van der Waals surface area contributed by atoms with Crippen LogP contribution in [-0.2, 0) is 10.0 Å². The normalized spacial score (nSPS) is 10.9. The van der Waals surface area contributed by atoms with Crippen molar-refractivity contribution in [2.75, 3.05) is 11.9 Å². The van der Waals surface area contributed by atoms with Gasteiger partial charge in [-0.25, -0.2) is 13.1 Å². The van der Waals surface area contributed by atoms with Crippen molar-refractivity contribution in [1.82, 2.24) is 10.0 Å². The summed E-state index contributed by atoms with van der Waals surface area (Å²) in [6.45, 7) is 3.59. The number of rotatable bonds is 6. The maximum absolute atomic E-state index is 12.2. The molecule has 1 amide bonds. The molecule has 10 heteroatoms. The van der Waals surface area contributed by atoms with Crippen molar-refractivity contribution in [1.29, 1.82) is 0 Å². The number of carbonyl (C=O) groups is 1. The highest BCUT2D eigenvalue weighted by atomic mass is 35.5. The van der Waals surface area contributed by atoms with Crippen LogP contribution in [0.2, 0.25) is 10.0 Å². The van der Waals surface area contributed by atoms with Gasteiger partial charge >= 0.3 is 0 Å². The molecule has 0 aliphatic carbocycles. The van der Waals surface area contributed by atoms with E-state index in [1.165, 1.54) is 42.5 Å². The fourth-order valence-electron chi connectivity index (χ4n) is 1.98. The number of benzene rings is 2. The summed E-state index contributed by atoms with van der Waals surface area (Å²) in [7, 11) is -3.61. The average molecular weight is 444 g/mol. The standard InChI is InChI=1S/C17H15Cl2N3O3S2/c1-2-9-20-27(24,25)13-6-4-12(5-7-13)21-17(26)22-16(23)14-8-3-11(18)10-15(14)19/h2-8,10,20H,1,9H2,(H2,21,22,23,26). The molecule has 0 radical (unpaired) electrons. The van der Waals surface area contributed by atoms with E-state index in [1.54, 1.807) is 6.07 Å². The number of hydrogen-bond acceptors (Lipinski definition) is 4. The van der Waals surface area contributed by atoms with Crippen molar-refractivity contribution in [2.45, 2.75) is 4.90 Å². The van der Waals surface area contributed by atoms with Crippen LogP contribution in [0, 0.1) is 0 Å². The number of sulfonamides is 1. The Hall–Kier alpha value is -1.97. The van der Waals surface area contributed by atoms with Gasteiger partial charge in [-0.2, -0.15) is 0 Å². The van der Waals surface area contributed by atoms with Crippen LogP contribution in [0.5, 0.6) is 0 Å². The molecule has 2 rings (SSSR count). The minimum atomic E-state index is -3.61. The summed E-state index contributed by atoms with van der Waals surface area (Å²) in [6, 6.07) is 10.3. The van der Waals surface area contributed by atoms with Gasteiger partial charge in [0.1, 0.15) is 0 Å². The molecule has 0 saturated heterocycles. The molecule has 6 nitrogen and oxygen atoms in total. The minimum Gasteiger partial charge on any atom is -0.332 e. The lowest BCUT2D eigenvalue weighted by molar-refractivity contribution is 0.0978. The lowest BCUT2D eigenvalue weighted by atomic mass is 10.2. The lowest BCUT2D eigenvalue weighted by Gasteiger charge is -2.11. The van der Waals surface area contributed by atoms with Crippen LogP contribution in [0.15, 0.2) is 60.0 Å². The molecule has 0 heterocycles. The summed E-state index contributed by atoms with van der Waals surface area (Å²) >= 11 is 16.9. The van der Waals surface area contributed by atoms with Gasteiger partial charge in [0.05, 0.1) is 15.5 Å². The fourth-order valence-corrected chi connectivity index (χ4v) is 3.68. The number of carbonyl (C=O) groups excluding carboxylic acids is 1. The van der Waals surface area contributed by atoms with Crippen molar-refractivity contribution in [2.24, 2.45) is 0 Å². The van der Waals surface area contributed by atoms with Gasteiger partial charge in [0.25, 0.3) is 5.91 Å².